The molecule has 1 heterocycles. The molecule has 0 saturated heterocycles. The number of urea groups is 1. The van der Waals surface area contributed by atoms with Gasteiger partial charge in [0, 0.05) is 5.54 Å². The van der Waals surface area contributed by atoms with Gasteiger partial charge in [-0.2, -0.15) is 0 Å². The van der Waals surface area contributed by atoms with Crippen LogP contribution in [0.3, 0.4) is 0 Å². The van der Waals surface area contributed by atoms with E-state index >= 15 is 0 Å². The Kier molecular flexibility index (Phi) is 3.58. The third-order valence-electron chi connectivity index (χ3n) is 6.06. The molecule has 0 aliphatic heterocycles. The molecular weight excluding hydrogens is 308 g/mol. The van der Waals surface area contributed by atoms with Gasteiger partial charge >= 0.3 is 12.0 Å². The van der Waals surface area contributed by atoms with Crippen molar-refractivity contribution < 1.29 is 18.7 Å². The standard InChI is InChI=1S/C18H24N2O4/c1-23-15(21)17-6-12-5-13(7-17)9-18(8-12,11-17)20-16(22)19-10-14-3-2-4-24-14/h2-4,12-13H,5-11H2,1H3,(H2,19,20,22). The number of carbonyl (C=O) groups is 2. The van der Waals surface area contributed by atoms with Gasteiger partial charge < -0.3 is 19.8 Å². The highest BCUT2D eigenvalue weighted by atomic mass is 16.5. The lowest BCUT2D eigenvalue weighted by Gasteiger charge is -2.60. The molecule has 6 heteroatoms. The van der Waals surface area contributed by atoms with Crippen molar-refractivity contribution in [1.29, 1.82) is 0 Å². The summed E-state index contributed by atoms with van der Waals surface area (Å²) in [6.45, 7) is 0.365. The third kappa shape index (κ3) is 2.58. The fraction of sp³-hybridized carbons (Fsp3) is 0.667. The molecule has 0 radical (unpaired) electrons. The molecule has 2 N–H and O–H groups in total. The first-order valence-corrected chi connectivity index (χ1v) is 8.69. The Morgan fingerprint density at radius 1 is 1.29 bits per heavy atom. The van der Waals surface area contributed by atoms with Crippen LogP contribution in [0.2, 0.25) is 0 Å². The van der Waals surface area contributed by atoms with Crippen LogP contribution in [0.25, 0.3) is 0 Å². The van der Waals surface area contributed by atoms with Crippen molar-refractivity contribution in [2.75, 3.05) is 7.11 Å². The first-order valence-electron chi connectivity index (χ1n) is 8.69. The number of carbonyl (C=O) groups excluding carboxylic acids is 2. The van der Waals surface area contributed by atoms with Gasteiger partial charge in [-0.15, -0.1) is 0 Å². The second-order valence-electron chi connectivity index (χ2n) is 7.90. The molecule has 2 amide bonds. The Balaban J connectivity index is 1.46. The molecule has 1 aromatic rings. The minimum Gasteiger partial charge on any atom is -0.469 e. The summed E-state index contributed by atoms with van der Waals surface area (Å²) in [5.41, 5.74) is -0.668. The van der Waals surface area contributed by atoms with E-state index in [1.807, 2.05) is 6.07 Å². The molecule has 4 bridgehead atoms. The van der Waals surface area contributed by atoms with Crippen LogP contribution in [-0.4, -0.2) is 24.6 Å². The van der Waals surface area contributed by atoms with Crippen LogP contribution < -0.4 is 10.6 Å². The monoisotopic (exact) mass is 332 g/mol. The van der Waals surface area contributed by atoms with E-state index < -0.39 is 5.41 Å². The number of amides is 2. The largest absolute Gasteiger partial charge is 0.469 e. The van der Waals surface area contributed by atoms with Crippen molar-refractivity contribution in [2.24, 2.45) is 17.3 Å². The van der Waals surface area contributed by atoms with E-state index in [1.165, 1.54) is 13.5 Å². The molecule has 4 fully saturated rings. The molecular formula is C18H24N2O4. The molecule has 2 unspecified atom stereocenters. The molecule has 130 valence electrons. The van der Waals surface area contributed by atoms with Gasteiger partial charge in [0.15, 0.2) is 0 Å². The molecule has 4 saturated carbocycles. The predicted molar refractivity (Wildman–Crippen MR) is 85.9 cm³/mol. The summed E-state index contributed by atoms with van der Waals surface area (Å²) in [7, 11) is 1.47. The number of hydrogen-bond donors (Lipinski definition) is 2. The van der Waals surface area contributed by atoms with E-state index in [-0.39, 0.29) is 17.5 Å². The molecule has 6 nitrogen and oxygen atoms in total. The summed E-state index contributed by atoms with van der Waals surface area (Å²) in [5, 5.41) is 6.05. The summed E-state index contributed by atoms with van der Waals surface area (Å²) in [4.78, 5) is 24.8. The van der Waals surface area contributed by atoms with Crippen LogP contribution in [-0.2, 0) is 16.1 Å². The highest BCUT2D eigenvalue weighted by molar-refractivity contribution is 5.79. The van der Waals surface area contributed by atoms with E-state index in [1.54, 1.807) is 12.3 Å². The van der Waals surface area contributed by atoms with Gasteiger partial charge in [0.25, 0.3) is 0 Å². The molecule has 24 heavy (non-hydrogen) atoms. The van der Waals surface area contributed by atoms with Crippen LogP contribution in [0.4, 0.5) is 4.79 Å². The molecule has 2 atom stereocenters. The van der Waals surface area contributed by atoms with Crippen molar-refractivity contribution in [3.05, 3.63) is 24.2 Å². The summed E-state index contributed by atoms with van der Waals surface area (Å²) >= 11 is 0. The normalized spacial score (nSPS) is 36.4. The molecule has 0 aromatic carbocycles. The molecule has 4 aliphatic carbocycles. The highest BCUT2D eigenvalue weighted by Gasteiger charge is 2.61. The fourth-order valence-corrected chi connectivity index (χ4v) is 5.73. The number of ether oxygens (including phenoxy) is 1. The SMILES string of the molecule is COC(=O)C12CC3CC(CC(NC(=O)NCc4ccco4)(C3)C1)C2. The molecule has 4 aliphatic rings. The zero-order valence-electron chi connectivity index (χ0n) is 14.0. The summed E-state index contributed by atoms with van der Waals surface area (Å²) in [6, 6.07) is 3.44. The second-order valence-corrected chi connectivity index (χ2v) is 7.90. The Bertz CT molecular complexity index is 625. The second kappa shape index (κ2) is 5.53. The third-order valence-corrected chi connectivity index (χ3v) is 6.06. The van der Waals surface area contributed by atoms with E-state index in [0.717, 1.165) is 31.4 Å². The van der Waals surface area contributed by atoms with E-state index in [2.05, 4.69) is 10.6 Å². The van der Waals surface area contributed by atoms with Crippen molar-refractivity contribution >= 4 is 12.0 Å². The van der Waals surface area contributed by atoms with Crippen LogP contribution in [0.1, 0.15) is 44.3 Å². The van der Waals surface area contributed by atoms with Gasteiger partial charge in [0.1, 0.15) is 5.76 Å². The van der Waals surface area contributed by atoms with Gasteiger partial charge in [-0.1, -0.05) is 0 Å². The molecule has 5 rings (SSSR count). The lowest BCUT2D eigenvalue weighted by molar-refractivity contribution is -0.171. The summed E-state index contributed by atoms with van der Waals surface area (Å²) < 4.78 is 10.3. The van der Waals surface area contributed by atoms with Crippen molar-refractivity contribution in [1.82, 2.24) is 10.6 Å². The molecule has 1 aromatic heterocycles. The fourth-order valence-electron chi connectivity index (χ4n) is 5.73. The Hall–Kier alpha value is -1.98. The predicted octanol–water partition coefficient (Wildman–Crippen LogP) is 2.59. The topological polar surface area (TPSA) is 80.6 Å². The highest BCUT2D eigenvalue weighted by Crippen LogP contribution is 2.61. The van der Waals surface area contributed by atoms with E-state index in [9.17, 15) is 9.59 Å². The lowest BCUT2D eigenvalue weighted by Crippen LogP contribution is -2.65. The maximum Gasteiger partial charge on any atom is 0.315 e. The summed E-state index contributed by atoms with van der Waals surface area (Å²) in [6.07, 6.45) is 7.23. The van der Waals surface area contributed by atoms with E-state index in [0.29, 0.717) is 24.8 Å². The Morgan fingerprint density at radius 2 is 2.04 bits per heavy atom. The average Bonchev–Trinajstić information content (AvgIpc) is 3.03. The minimum absolute atomic E-state index is 0.0984. The first kappa shape index (κ1) is 15.5. The first-order chi connectivity index (χ1) is 11.5. The maximum absolute atomic E-state index is 12.4. The maximum atomic E-state index is 12.4. The van der Waals surface area contributed by atoms with Crippen LogP contribution in [0.5, 0.6) is 0 Å². The van der Waals surface area contributed by atoms with Crippen molar-refractivity contribution in [2.45, 2.75) is 50.6 Å². The van der Waals surface area contributed by atoms with Crippen molar-refractivity contribution in [3.63, 3.8) is 0 Å². The number of furan rings is 1. The minimum atomic E-state index is -0.396. The lowest BCUT2D eigenvalue weighted by atomic mass is 9.47. The van der Waals surface area contributed by atoms with Gasteiger partial charge in [-0.3, -0.25) is 4.79 Å². The van der Waals surface area contributed by atoms with Crippen LogP contribution in [0, 0.1) is 17.3 Å². The van der Waals surface area contributed by atoms with Gasteiger partial charge in [0.2, 0.25) is 0 Å². The number of hydrogen-bond acceptors (Lipinski definition) is 4. The van der Waals surface area contributed by atoms with Gasteiger partial charge in [0.05, 0.1) is 25.3 Å². The van der Waals surface area contributed by atoms with Gasteiger partial charge in [-0.05, 0) is 62.5 Å². The number of rotatable bonds is 4. The summed E-state index contributed by atoms with van der Waals surface area (Å²) in [5.74, 6) is 1.65. The Labute approximate surface area is 141 Å². The smallest absolute Gasteiger partial charge is 0.315 e. The average molecular weight is 332 g/mol. The number of nitrogens with one attached hydrogen (secondary N) is 2. The quantitative estimate of drug-likeness (QED) is 0.831. The number of methoxy groups -OCH3 is 1. The zero-order valence-corrected chi connectivity index (χ0v) is 14.0. The van der Waals surface area contributed by atoms with Crippen LogP contribution >= 0.6 is 0 Å². The van der Waals surface area contributed by atoms with Crippen molar-refractivity contribution in [3.8, 4) is 0 Å². The van der Waals surface area contributed by atoms with Crippen LogP contribution in [0.15, 0.2) is 22.8 Å². The van der Waals surface area contributed by atoms with Gasteiger partial charge in [-0.25, -0.2) is 4.79 Å². The molecule has 0 spiro atoms. The number of esters is 1. The zero-order chi connectivity index (χ0) is 16.8. The van der Waals surface area contributed by atoms with E-state index in [4.69, 9.17) is 9.15 Å². The Morgan fingerprint density at radius 3 is 2.67 bits per heavy atom.